The smallest absolute Gasteiger partial charge is 0.232 e. The van der Waals surface area contributed by atoms with Gasteiger partial charge in [-0.05, 0) is 30.9 Å². The van der Waals surface area contributed by atoms with E-state index in [4.69, 9.17) is 4.78 Å². The molecule has 134 valence electrons. The maximum absolute atomic E-state index is 12.6. The van der Waals surface area contributed by atoms with Gasteiger partial charge in [0.25, 0.3) is 0 Å². The summed E-state index contributed by atoms with van der Waals surface area (Å²) in [4.78, 5) is 23.0. The van der Waals surface area contributed by atoms with E-state index in [0.29, 0.717) is 11.6 Å². The predicted molar refractivity (Wildman–Crippen MR) is 108 cm³/mol. The fourth-order valence-electron chi connectivity index (χ4n) is 2.52. The first-order valence-electron chi connectivity index (χ1n) is 8.07. The fourth-order valence-corrected chi connectivity index (χ4v) is 4.52. The molecule has 1 atom stereocenters. The lowest BCUT2D eigenvalue weighted by atomic mass is 10.1. The normalized spacial score (nSPS) is 12.0. The molecule has 1 aromatic carbocycles. The Labute approximate surface area is 159 Å². The van der Waals surface area contributed by atoms with Crippen molar-refractivity contribution in [1.29, 1.82) is 4.78 Å². The van der Waals surface area contributed by atoms with E-state index in [9.17, 15) is 4.79 Å². The summed E-state index contributed by atoms with van der Waals surface area (Å²) in [5.74, 6) is -0.0168. The number of anilines is 1. The van der Waals surface area contributed by atoms with Crippen molar-refractivity contribution in [3.05, 3.63) is 59.9 Å². The molecule has 3 rings (SSSR count). The van der Waals surface area contributed by atoms with E-state index in [2.05, 4.69) is 9.97 Å². The van der Waals surface area contributed by atoms with Crippen molar-refractivity contribution in [3.8, 4) is 11.3 Å². The van der Waals surface area contributed by atoms with Crippen molar-refractivity contribution >= 4 is 33.1 Å². The van der Waals surface area contributed by atoms with Gasteiger partial charge in [0, 0.05) is 18.8 Å². The zero-order chi connectivity index (χ0) is 18.7. The van der Waals surface area contributed by atoms with Gasteiger partial charge in [-0.3, -0.25) is 19.5 Å². The summed E-state index contributed by atoms with van der Waals surface area (Å²) in [7, 11) is 1.14. The van der Waals surface area contributed by atoms with E-state index < -0.39 is 10.7 Å². The van der Waals surface area contributed by atoms with Crippen molar-refractivity contribution in [1.82, 2.24) is 9.97 Å². The Morgan fingerprint density at radius 1 is 1.23 bits per heavy atom. The van der Waals surface area contributed by atoms with Crippen LogP contribution in [-0.2, 0) is 21.9 Å². The first-order valence-corrected chi connectivity index (χ1v) is 10.5. The lowest BCUT2D eigenvalue weighted by Gasteiger charge is -2.14. The average Bonchev–Trinajstić information content (AvgIpc) is 3.04. The molecule has 26 heavy (non-hydrogen) atoms. The number of aromatic nitrogens is 2. The molecule has 5 nitrogen and oxygen atoms in total. The Morgan fingerprint density at radius 3 is 2.54 bits per heavy atom. The zero-order valence-corrected chi connectivity index (χ0v) is 16.5. The van der Waals surface area contributed by atoms with Crippen LogP contribution in [0.3, 0.4) is 0 Å². The van der Waals surface area contributed by atoms with Gasteiger partial charge in [-0.15, -0.1) is 0 Å². The first kappa shape index (κ1) is 18.4. The molecule has 0 aliphatic heterocycles. The number of hydrogen-bond donors (Lipinski definition) is 1. The Bertz CT molecular complexity index is 936. The highest BCUT2D eigenvalue weighted by Gasteiger charge is 2.18. The number of rotatable bonds is 5. The number of carbonyl (C=O) groups excluding carboxylic acids is 1. The van der Waals surface area contributed by atoms with Crippen LogP contribution in [0.5, 0.6) is 0 Å². The third-order valence-corrected chi connectivity index (χ3v) is 6.83. The number of aryl methyl sites for hydroxylation is 1. The van der Waals surface area contributed by atoms with Crippen LogP contribution in [0.2, 0.25) is 0 Å². The number of likely N-dealkylation sites (N-methyl/N-ethyl adjacent to an activating group) is 1. The molecule has 3 aromatic rings. The molecule has 1 unspecified atom stereocenters. The molecule has 0 saturated carbocycles. The third-order valence-electron chi connectivity index (χ3n) is 3.95. The van der Waals surface area contributed by atoms with Gasteiger partial charge in [0.2, 0.25) is 5.91 Å². The number of nitrogens with one attached hydrogen (secondary N) is 1. The number of thiazole rings is 1. The number of amides is 1. The first-order chi connectivity index (χ1) is 12.5. The van der Waals surface area contributed by atoms with Crippen molar-refractivity contribution in [2.75, 3.05) is 18.2 Å². The summed E-state index contributed by atoms with van der Waals surface area (Å²) in [5.41, 5.74) is 3.73. The summed E-state index contributed by atoms with van der Waals surface area (Å²) in [6.07, 6.45) is 3.92. The second kappa shape index (κ2) is 7.88. The zero-order valence-electron chi connectivity index (χ0n) is 14.9. The SMILES string of the molecule is Cc1nc(N(C)C(=O)Cc2ccc(-c3ccccn3)cc2)sc1S(C)=N. The molecule has 0 saturated heterocycles. The van der Waals surface area contributed by atoms with Crippen molar-refractivity contribution in [3.63, 3.8) is 0 Å². The number of carbonyl (C=O) groups is 1. The molecule has 2 heterocycles. The maximum atomic E-state index is 12.6. The summed E-state index contributed by atoms with van der Waals surface area (Å²) in [6, 6.07) is 13.7. The van der Waals surface area contributed by atoms with Gasteiger partial charge < -0.3 is 0 Å². The maximum Gasteiger partial charge on any atom is 0.232 e. The highest BCUT2D eigenvalue weighted by atomic mass is 32.2. The summed E-state index contributed by atoms with van der Waals surface area (Å²) < 4.78 is 8.81. The molecule has 0 aliphatic carbocycles. The molecule has 0 aliphatic rings. The van der Waals surface area contributed by atoms with Gasteiger partial charge >= 0.3 is 0 Å². The minimum atomic E-state index is -0.596. The topological polar surface area (TPSA) is 69.9 Å². The summed E-state index contributed by atoms with van der Waals surface area (Å²) >= 11 is 1.42. The van der Waals surface area contributed by atoms with Crippen molar-refractivity contribution < 1.29 is 4.79 Å². The van der Waals surface area contributed by atoms with Crippen LogP contribution in [-0.4, -0.2) is 29.2 Å². The molecule has 1 amide bonds. The van der Waals surface area contributed by atoms with Crippen LogP contribution >= 0.6 is 11.3 Å². The number of benzene rings is 1. The van der Waals surface area contributed by atoms with E-state index in [1.165, 1.54) is 11.3 Å². The molecule has 0 bridgehead atoms. The lowest BCUT2D eigenvalue weighted by Crippen LogP contribution is -2.27. The highest BCUT2D eigenvalue weighted by molar-refractivity contribution is 7.87. The Balaban J connectivity index is 1.71. The van der Waals surface area contributed by atoms with Crippen LogP contribution in [0.25, 0.3) is 11.3 Å². The Morgan fingerprint density at radius 2 is 1.96 bits per heavy atom. The minimum Gasteiger partial charge on any atom is -0.291 e. The van der Waals surface area contributed by atoms with Crippen molar-refractivity contribution in [2.24, 2.45) is 0 Å². The number of pyridine rings is 1. The van der Waals surface area contributed by atoms with E-state index in [-0.39, 0.29) is 5.91 Å². The van der Waals surface area contributed by atoms with E-state index in [1.807, 2.05) is 55.6 Å². The Kier molecular flexibility index (Phi) is 5.58. The molecular formula is C19H20N4OS2. The molecule has 2 aromatic heterocycles. The largest absolute Gasteiger partial charge is 0.291 e. The minimum absolute atomic E-state index is 0.0168. The van der Waals surface area contributed by atoms with Crippen LogP contribution in [0.4, 0.5) is 5.13 Å². The molecule has 7 heteroatoms. The molecule has 1 N–H and O–H groups in total. The molecular weight excluding hydrogens is 364 g/mol. The second-order valence-electron chi connectivity index (χ2n) is 5.92. The van der Waals surface area contributed by atoms with E-state index >= 15 is 0 Å². The standard InChI is InChI=1S/C19H20N4OS2/c1-13-18(26(3)20)25-19(22-13)23(2)17(24)12-14-7-9-15(10-8-14)16-6-4-5-11-21-16/h4-11,20H,12H2,1-3H3. The third kappa shape index (κ3) is 4.05. The van der Waals surface area contributed by atoms with Crippen LogP contribution in [0.1, 0.15) is 11.3 Å². The van der Waals surface area contributed by atoms with Crippen LogP contribution < -0.4 is 4.90 Å². The van der Waals surface area contributed by atoms with Gasteiger partial charge in [-0.25, -0.2) is 4.98 Å². The van der Waals surface area contributed by atoms with Gasteiger partial charge in [0.1, 0.15) is 0 Å². The number of nitrogens with zero attached hydrogens (tertiary/aromatic N) is 3. The summed E-state index contributed by atoms with van der Waals surface area (Å²) in [6.45, 7) is 1.89. The molecule has 0 radical (unpaired) electrons. The van der Waals surface area contributed by atoms with Crippen LogP contribution in [0, 0.1) is 11.7 Å². The quantitative estimate of drug-likeness (QED) is 0.720. The fraction of sp³-hybridized carbons (Fsp3) is 0.211. The second-order valence-corrected chi connectivity index (χ2v) is 8.59. The molecule has 0 fully saturated rings. The van der Waals surface area contributed by atoms with Crippen molar-refractivity contribution in [2.45, 2.75) is 17.6 Å². The lowest BCUT2D eigenvalue weighted by molar-refractivity contribution is -0.117. The highest BCUT2D eigenvalue weighted by Crippen LogP contribution is 2.28. The number of hydrogen-bond acceptors (Lipinski definition) is 5. The monoisotopic (exact) mass is 384 g/mol. The van der Waals surface area contributed by atoms with Gasteiger partial charge in [-0.1, -0.05) is 52.4 Å². The van der Waals surface area contributed by atoms with Gasteiger partial charge in [0.15, 0.2) is 5.13 Å². The van der Waals surface area contributed by atoms with E-state index in [0.717, 1.165) is 26.7 Å². The Hall–Kier alpha value is -2.38. The predicted octanol–water partition coefficient (Wildman–Crippen LogP) is 4.09. The van der Waals surface area contributed by atoms with E-state index in [1.54, 1.807) is 18.1 Å². The van der Waals surface area contributed by atoms with Gasteiger partial charge in [-0.2, -0.15) is 0 Å². The molecule has 0 spiro atoms. The average molecular weight is 385 g/mol. The van der Waals surface area contributed by atoms with Gasteiger partial charge in [0.05, 0.1) is 22.0 Å². The summed E-state index contributed by atoms with van der Waals surface area (Å²) in [5, 5.41) is 0.652. The van der Waals surface area contributed by atoms with Crippen LogP contribution in [0.15, 0.2) is 52.9 Å².